The Bertz CT molecular complexity index is 602. The van der Waals surface area contributed by atoms with Crippen molar-refractivity contribution in [2.75, 3.05) is 11.4 Å². The normalized spacial score (nSPS) is 14.0. The van der Waals surface area contributed by atoms with E-state index < -0.39 is 0 Å². The fraction of sp³-hybridized carbons (Fsp3) is 0.188. The number of rotatable bonds is 2. The van der Waals surface area contributed by atoms with E-state index in [1.54, 1.807) is 0 Å². The van der Waals surface area contributed by atoms with Crippen molar-refractivity contribution in [2.24, 2.45) is 5.73 Å². The van der Waals surface area contributed by atoms with Crippen molar-refractivity contribution < 1.29 is 0 Å². The lowest BCUT2D eigenvalue weighted by molar-refractivity contribution is 0.767. The predicted octanol–water partition coefficient (Wildman–Crippen LogP) is 3.05. The highest BCUT2D eigenvalue weighted by molar-refractivity contribution is 5.95. The highest BCUT2D eigenvalue weighted by Gasteiger charge is 2.17. The van der Waals surface area contributed by atoms with E-state index in [1.807, 2.05) is 24.3 Å². The molecule has 0 aliphatic carbocycles. The molecule has 1 heterocycles. The van der Waals surface area contributed by atoms with Gasteiger partial charge in [-0.25, -0.2) is 0 Å². The Labute approximate surface area is 113 Å². The molecule has 1 aliphatic heterocycles. The topological polar surface area (TPSA) is 53.1 Å². The van der Waals surface area contributed by atoms with Crippen LogP contribution in [0.25, 0.3) is 0 Å². The third-order valence-electron chi connectivity index (χ3n) is 3.60. The highest BCUT2D eigenvalue weighted by atomic mass is 15.1. The number of benzene rings is 2. The van der Waals surface area contributed by atoms with Crippen LogP contribution >= 0.6 is 0 Å². The van der Waals surface area contributed by atoms with Crippen LogP contribution in [0, 0.1) is 5.41 Å². The smallest absolute Gasteiger partial charge is 0.122 e. The minimum Gasteiger partial charge on any atom is -0.384 e. The lowest BCUT2D eigenvalue weighted by atomic mass is 10.0. The molecule has 96 valence electrons. The van der Waals surface area contributed by atoms with E-state index in [-0.39, 0.29) is 5.84 Å². The summed E-state index contributed by atoms with van der Waals surface area (Å²) in [6.45, 7) is 1.04. The van der Waals surface area contributed by atoms with Gasteiger partial charge < -0.3 is 10.6 Å². The number of nitrogens with zero attached hydrogens (tertiary/aromatic N) is 1. The number of nitrogens with one attached hydrogen (secondary N) is 1. The van der Waals surface area contributed by atoms with Crippen LogP contribution in [0.5, 0.6) is 0 Å². The van der Waals surface area contributed by atoms with Crippen LogP contribution in [-0.4, -0.2) is 12.4 Å². The average molecular weight is 251 g/mol. The standard InChI is InChI=1S/C16H17N3/c17-16(18)13-7-9-14(10-8-13)19-11-3-5-12-4-1-2-6-15(12)19/h1-2,4,6-10H,3,5,11H2,(H3,17,18). The third-order valence-corrected chi connectivity index (χ3v) is 3.60. The molecule has 0 atom stereocenters. The van der Waals surface area contributed by atoms with E-state index in [2.05, 4.69) is 29.2 Å². The van der Waals surface area contributed by atoms with Gasteiger partial charge in [-0.15, -0.1) is 0 Å². The first-order chi connectivity index (χ1) is 9.25. The quantitative estimate of drug-likeness (QED) is 0.636. The Morgan fingerprint density at radius 1 is 1.05 bits per heavy atom. The second-order valence-electron chi connectivity index (χ2n) is 4.84. The Hall–Kier alpha value is -2.29. The molecule has 0 saturated carbocycles. The molecule has 3 nitrogen and oxygen atoms in total. The molecular weight excluding hydrogens is 234 g/mol. The molecule has 0 saturated heterocycles. The molecule has 0 fully saturated rings. The van der Waals surface area contributed by atoms with Crippen LogP contribution in [0.1, 0.15) is 17.5 Å². The van der Waals surface area contributed by atoms with Crippen molar-refractivity contribution in [1.82, 2.24) is 0 Å². The van der Waals surface area contributed by atoms with Gasteiger partial charge in [0.15, 0.2) is 0 Å². The first kappa shape index (κ1) is 11.8. The summed E-state index contributed by atoms with van der Waals surface area (Å²) < 4.78 is 0. The summed E-state index contributed by atoms with van der Waals surface area (Å²) in [5.74, 6) is 0.116. The molecule has 2 aromatic carbocycles. The number of hydrogen-bond donors (Lipinski definition) is 2. The lowest BCUT2D eigenvalue weighted by Crippen LogP contribution is -2.24. The van der Waals surface area contributed by atoms with Crippen LogP contribution in [0.15, 0.2) is 48.5 Å². The molecule has 3 N–H and O–H groups in total. The van der Waals surface area contributed by atoms with Crippen LogP contribution < -0.4 is 10.6 Å². The number of hydrogen-bond acceptors (Lipinski definition) is 2. The predicted molar refractivity (Wildman–Crippen MR) is 79.2 cm³/mol. The SMILES string of the molecule is N=C(N)c1ccc(N2CCCc3ccccc32)cc1. The zero-order chi connectivity index (χ0) is 13.2. The van der Waals surface area contributed by atoms with E-state index in [9.17, 15) is 0 Å². The van der Waals surface area contributed by atoms with Crippen molar-refractivity contribution in [1.29, 1.82) is 5.41 Å². The maximum atomic E-state index is 7.43. The largest absolute Gasteiger partial charge is 0.384 e. The number of aryl methyl sites for hydroxylation is 1. The van der Waals surface area contributed by atoms with Gasteiger partial charge in [0.1, 0.15) is 5.84 Å². The molecule has 0 bridgehead atoms. The third kappa shape index (κ3) is 2.19. The van der Waals surface area contributed by atoms with Gasteiger partial charge in [0.2, 0.25) is 0 Å². The minimum atomic E-state index is 0.116. The molecule has 0 amide bonds. The summed E-state index contributed by atoms with van der Waals surface area (Å²) in [7, 11) is 0. The van der Waals surface area contributed by atoms with E-state index in [0.29, 0.717) is 0 Å². The van der Waals surface area contributed by atoms with Crippen LogP contribution in [-0.2, 0) is 6.42 Å². The molecule has 1 aliphatic rings. The van der Waals surface area contributed by atoms with Crippen molar-refractivity contribution in [3.05, 3.63) is 59.7 Å². The lowest BCUT2D eigenvalue weighted by Gasteiger charge is -2.31. The second-order valence-corrected chi connectivity index (χ2v) is 4.84. The first-order valence-electron chi connectivity index (χ1n) is 6.55. The molecule has 3 heteroatoms. The number of para-hydroxylation sites is 1. The van der Waals surface area contributed by atoms with Crippen LogP contribution in [0.4, 0.5) is 11.4 Å². The van der Waals surface area contributed by atoms with E-state index in [1.165, 1.54) is 17.7 Å². The maximum absolute atomic E-state index is 7.43. The molecule has 2 aromatic rings. The summed E-state index contributed by atoms with van der Waals surface area (Å²) in [4.78, 5) is 2.34. The fourth-order valence-corrected chi connectivity index (χ4v) is 2.62. The van der Waals surface area contributed by atoms with Gasteiger partial charge in [-0.3, -0.25) is 5.41 Å². The van der Waals surface area contributed by atoms with Crippen LogP contribution in [0.2, 0.25) is 0 Å². The number of fused-ring (bicyclic) bond motifs is 1. The second kappa shape index (κ2) is 4.76. The van der Waals surface area contributed by atoms with Crippen LogP contribution in [0.3, 0.4) is 0 Å². The Kier molecular flexibility index (Phi) is 2.95. The zero-order valence-electron chi connectivity index (χ0n) is 10.8. The van der Waals surface area contributed by atoms with Crippen molar-refractivity contribution in [3.8, 4) is 0 Å². The molecule has 3 rings (SSSR count). The van der Waals surface area contributed by atoms with Crippen molar-refractivity contribution in [3.63, 3.8) is 0 Å². The van der Waals surface area contributed by atoms with E-state index >= 15 is 0 Å². The fourth-order valence-electron chi connectivity index (χ4n) is 2.62. The van der Waals surface area contributed by atoms with Gasteiger partial charge in [-0.1, -0.05) is 18.2 Å². The van der Waals surface area contributed by atoms with Gasteiger partial charge >= 0.3 is 0 Å². The van der Waals surface area contributed by atoms with Gasteiger partial charge in [0, 0.05) is 23.5 Å². The highest BCUT2D eigenvalue weighted by Crippen LogP contribution is 2.33. The molecule has 0 aromatic heterocycles. The number of anilines is 2. The molecule has 19 heavy (non-hydrogen) atoms. The van der Waals surface area contributed by atoms with Crippen molar-refractivity contribution >= 4 is 17.2 Å². The maximum Gasteiger partial charge on any atom is 0.122 e. The average Bonchev–Trinajstić information content (AvgIpc) is 2.47. The summed E-state index contributed by atoms with van der Waals surface area (Å²) in [5, 5.41) is 7.43. The van der Waals surface area contributed by atoms with Gasteiger partial charge in [-0.2, -0.15) is 0 Å². The Morgan fingerprint density at radius 2 is 1.79 bits per heavy atom. The monoisotopic (exact) mass is 251 g/mol. The summed E-state index contributed by atoms with van der Waals surface area (Å²) in [6.07, 6.45) is 2.32. The molecule has 0 radical (unpaired) electrons. The summed E-state index contributed by atoms with van der Waals surface area (Å²) in [6, 6.07) is 16.5. The number of nitrogens with two attached hydrogens (primary N) is 1. The number of amidine groups is 1. The van der Waals surface area contributed by atoms with Gasteiger partial charge in [0.25, 0.3) is 0 Å². The van der Waals surface area contributed by atoms with E-state index in [4.69, 9.17) is 11.1 Å². The number of nitrogen functional groups attached to an aromatic ring is 1. The van der Waals surface area contributed by atoms with E-state index in [0.717, 1.165) is 24.2 Å². The van der Waals surface area contributed by atoms with Gasteiger partial charge in [-0.05, 0) is 48.7 Å². The molecule has 0 unspecified atom stereocenters. The Balaban J connectivity index is 1.97. The zero-order valence-corrected chi connectivity index (χ0v) is 10.8. The summed E-state index contributed by atoms with van der Waals surface area (Å²) in [5.41, 5.74) is 10.1. The first-order valence-corrected chi connectivity index (χ1v) is 6.55. The minimum absolute atomic E-state index is 0.116. The van der Waals surface area contributed by atoms with Gasteiger partial charge in [0.05, 0.1) is 0 Å². The molecular formula is C16H17N3. The summed E-state index contributed by atoms with van der Waals surface area (Å²) >= 11 is 0. The molecule has 0 spiro atoms. The van der Waals surface area contributed by atoms with Crippen molar-refractivity contribution in [2.45, 2.75) is 12.8 Å². The Morgan fingerprint density at radius 3 is 2.53 bits per heavy atom.